The molecule has 220 valence electrons. The quantitative estimate of drug-likeness (QED) is 0.404. The van der Waals surface area contributed by atoms with Gasteiger partial charge in [-0.2, -0.15) is 0 Å². The Morgan fingerprint density at radius 2 is 1.20 bits per heavy atom. The first-order chi connectivity index (χ1) is 19.2. The molecule has 2 fully saturated rings. The van der Waals surface area contributed by atoms with Crippen LogP contribution in [-0.2, 0) is 38.1 Å². The Morgan fingerprint density at radius 1 is 0.800 bits per heavy atom. The second-order valence-corrected chi connectivity index (χ2v) is 9.87. The minimum Gasteiger partial charge on any atom is -0.466 e. The van der Waals surface area contributed by atoms with Crippen molar-refractivity contribution in [2.24, 2.45) is 9.98 Å². The summed E-state index contributed by atoms with van der Waals surface area (Å²) in [6.45, 7) is 12.2. The van der Waals surface area contributed by atoms with Crippen molar-refractivity contribution in [3.63, 3.8) is 0 Å². The Morgan fingerprint density at radius 3 is 1.55 bits per heavy atom. The van der Waals surface area contributed by atoms with Gasteiger partial charge in [0.05, 0.1) is 51.5 Å². The number of ether oxygens (including phenoxy) is 4. The van der Waals surface area contributed by atoms with E-state index < -0.39 is 0 Å². The van der Waals surface area contributed by atoms with Gasteiger partial charge in [-0.3, -0.25) is 19.2 Å². The summed E-state index contributed by atoms with van der Waals surface area (Å²) in [5.41, 5.74) is 1.15. The van der Waals surface area contributed by atoms with Crippen LogP contribution in [0.2, 0.25) is 0 Å². The average molecular weight is 561 g/mol. The molecule has 0 N–H and O–H groups in total. The number of nitrogens with zero attached hydrogens (tertiary/aromatic N) is 4. The first-order valence-electron chi connectivity index (χ1n) is 13.8. The van der Waals surface area contributed by atoms with Crippen molar-refractivity contribution in [3.05, 3.63) is 23.8 Å². The summed E-state index contributed by atoms with van der Waals surface area (Å²) in [5, 5.41) is 0. The summed E-state index contributed by atoms with van der Waals surface area (Å²) < 4.78 is 20.7. The van der Waals surface area contributed by atoms with Gasteiger partial charge < -0.3 is 28.7 Å². The fourth-order valence-electron chi connectivity index (χ4n) is 4.60. The molecule has 0 spiro atoms. The molecule has 40 heavy (non-hydrogen) atoms. The Labute approximate surface area is 235 Å². The van der Waals surface area contributed by atoms with E-state index in [-0.39, 0.29) is 61.4 Å². The zero-order valence-corrected chi connectivity index (χ0v) is 23.8. The van der Waals surface area contributed by atoms with E-state index in [1.807, 2.05) is 23.6 Å². The Bertz CT molecular complexity index is 996. The maximum Gasteiger partial charge on any atom is 0.311 e. The molecule has 2 atom stereocenters. The van der Waals surface area contributed by atoms with E-state index in [4.69, 9.17) is 18.9 Å². The molecule has 12 heteroatoms. The van der Waals surface area contributed by atoms with Crippen LogP contribution in [0.1, 0.15) is 53.4 Å². The van der Waals surface area contributed by atoms with E-state index in [9.17, 15) is 19.2 Å². The highest BCUT2D eigenvalue weighted by Crippen LogP contribution is 2.19. The Kier molecular flexibility index (Phi) is 12.0. The number of rotatable bonds is 8. The number of hydrogen-bond acceptors (Lipinski definition) is 12. The monoisotopic (exact) mass is 560 g/mol. The predicted molar refractivity (Wildman–Crippen MR) is 147 cm³/mol. The van der Waals surface area contributed by atoms with Crippen molar-refractivity contribution in [2.75, 3.05) is 52.6 Å². The highest BCUT2D eigenvalue weighted by Gasteiger charge is 2.25. The van der Waals surface area contributed by atoms with Crippen LogP contribution in [0.4, 0.5) is 0 Å². The lowest BCUT2D eigenvalue weighted by molar-refractivity contribution is -0.142. The SMILES string of the molecule is CCOC(=O)CC1=NC(N2CCOC(C)C2)=CC(=O)C1.CCOC(=O)CC1=NC(N2CCOC(C)C2)=CC(=O)C1. The molecule has 0 bridgehead atoms. The van der Waals surface area contributed by atoms with Crippen LogP contribution in [-0.4, -0.2) is 110 Å². The summed E-state index contributed by atoms with van der Waals surface area (Å²) >= 11 is 0. The molecule has 0 radical (unpaired) electrons. The lowest BCUT2D eigenvalue weighted by Crippen LogP contribution is -2.41. The number of carbonyl (C=O) groups is 4. The molecule has 0 saturated carbocycles. The van der Waals surface area contributed by atoms with Crippen molar-refractivity contribution in [1.29, 1.82) is 0 Å². The fourth-order valence-corrected chi connectivity index (χ4v) is 4.60. The molecule has 0 aliphatic carbocycles. The summed E-state index contributed by atoms with van der Waals surface area (Å²) in [5.74, 6) is 0.555. The molecular weight excluding hydrogens is 520 g/mol. The number of esters is 2. The molecule has 0 aromatic rings. The topological polar surface area (TPSA) is 136 Å². The fraction of sp³-hybridized carbons (Fsp3) is 0.643. The highest BCUT2D eigenvalue weighted by atomic mass is 16.5. The first-order valence-corrected chi connectivity index (χ1v) is 13.8. The molecule has 2 unspecified atom stereocenters. The lowest BCUT2D eigenvalue weighted by Gasteiger charge is -2.33. The molecule has 0 amide bonds. The van der Waals surface area contributed by atoms with E-state index in [1.54, 1.807) is 26.0 Å². The van der Waals surface area contributed by atoms with Crippen molar-refractivity contribution in [3.8, 4) is 0 Å². The summed E-state index contributed by atoms with van der Waals surface area (Å²) in [4.78, 5) is 59.5. The zero-order valence-electron chi connectivity index (χ0n) is 23.8. The van der Waals surface area contributed by atoms with Gasteiger partial charge in [0.15, 0.2) is 11.6 Å². The zero-order chi connectivity index (χ0) is 29.1. The summed E-state index contributed by atoms with van der Waals surface area (Å²) in [6.07, 6.45) is 3.88. The van der Waals surface area contributed by atoms with Gasteiger partial charge in [0.25, 0.3) is 0 Å². The predicted octanol–water partition coefficient (Wildman–Crippen LogP) is 1.83. The molecule has 2 saturated heterocycles. The molecule has 12 nitrogen and oxygen atoms in total. The van der Waals surface area contributed by atoms with Gasteiger partial charge in [-0.25, -0.2) is 9.98 Å². The third-order valence-electron chi connectivity index (χ3n) is 6.32. The Hall–Kier alpha value is -3.38. The van der Waals surface area contributed by atoms with Crippen LogP contribution >= 0.6 is 0 Å². The first kappa shape index (κ1) is 31.2. The van der Waals surface area contributed by atoms with E-state index in [2.05, 4.69) is 9.98 Å². The maximum absolute atomic E-state index is 11.8. The van der Waals surface area contributed by atoms with Gasteiger partial charge in [0, 0.05) is 62.6 Å². The van der Waals surface area contributed by atoms with Gasteiger partial charge >= 0.3 is 11.9 Å². The lowest BCUT2D eigenvalue weighted by atomic mass is 10.1. The average Bonchev–Trinajstić information content (AvgIpc) is 2.88. The third-order valence-corrected chi connectivity index (χ3v) is 6.32. The summed E-state index contributed by atoms with van der Waals surface area (Å²) in [6, 6.07) is 0. The van der Waals surface area contributed by atoms with Crippen molar-refractivity contribution < 1.29 is 38.1 Å². The van der Waals surface area contributed by atoms with Crippen LogP contribution < -0.4 is 0 Å². The van der Waals surface area contributed by atoms with Crippen LogP contribution in [0.25, 0.3) is 0 Å². The van der Waals surface area contributed by atoms with Crippen LogP contribution in [0.3, 0.4) is 0 Å². The molecule has 4 aliphatic heterocycles. The minimum atomic E-state index is -0.337. The molecular formula is C28H40N4O8. The highest BCUT2D eigenvalue weighted by molar-refractivity contribution is 6.14. The van der Waals surface area contributed by atoms with Gasteiger partial charge in [-0.05, 0) is 27.7 Å². The second-order valence-electron chi connectivity index (χ2n) is 9.87. The van der Waals surface area contributed by atoms with Crippen molar-refractivity contribution in [1.82, 2.24) is 9.80 Å². The van der Waals surface area contributed by atoms with E-state index in [0.29, 0.717) is 75.7 Å². The van der Waals surface area contributed by atoms with Crippen molar-refractivity contribution in [2.45, 2.75) is 65.6 Å². The van der Waals surface area contributed by atoms with E-state index in [0.717, 1.165) is 0 Å². The second kappa shape index (κ2) is 15.4. The minimum absolute atomic E-state index is 0.0200. The third kappa shape index (κ3) is 9.98. The number of aliphatic imine (C=N–C) groups is 2. The number of ketones is 2. The number of allylic oxidation sites excluding steroid dienone is 2. The van der Waals surface area contributed by atoms with Crippen LogP contribution in [0.15, 0.2) is 33.8 Å². The number of carbonyl (C=O) groups excluding carboxylic acids is 4. The van der Waals surface area contributed by atoms with Crippen LogP contribution in [0, 0.1) is 0 Å². The van der Waals surface area contributed by atoms with Crippen LogP contribution in [0.5, 0.6) is 0 Å². The smallest absolute Gasteiger partial charge is 0.311 e. The number of hydrogen-bond donors (Lipinski definition) is 0. The largest absolute Gasteiger partial charge is 0.466 e. The van der Waals surface area contributed by atoms with E-state index in [1.165, 1.54) is 0 Å². The molecule has 4 aliphatic rings. The van der Waals surface area contributed by atoms with Crippen molar-refractivity contribution >= 4 is 34.9 Å². The molecule has 0 aromatic carbocycles. The van der Waals surface area contributed by atoms with E-state index >= 15 is 0 Å². The molecule has 4 heterocycles. The maximum atomic E-state index is 11.8. The number of morpholine rings is 2. The standard InChI is InChI=1S/2C14H20N2O4/c2*1-3-19-14(18)7-11-6-12(17)8-13(15-11)16-4-5-20-10(2)9-16/h2*8,10H,3-7,9H2,1-2H3. The van der Waals surface area contributed by atoms with Gasteiger partial charge in [0.2, 0.25) is 0 Å². The van der Waals surface area contributed by atoms with Gasteiger partial charge in [-0.15, -0.1) is 0 Å². The summed E-state index contributed by atoms with van der Waals surface area (Å²) in [7, 11) is 0. The van der Waals surface area contributed by atoms with Gasteiger partial charge in [0.1, 0.15) is 11.6 Å². The van der Waals surface area contributed by atoms with Gasteiger partial charge in [-0.1, -0.05) is 0 Å². The normalized spacial score (nSPS) is 23.2. The molecule has 4 rings (SSSR count). The molecule has 0 aromatic heterocycles. The Balaban J connectivity index is 0.000000220.